The van der Waals surface area contributed by atoms with Crippen molar-refractivity contribution in [2.45, 2.75) is 315 Å². The van der Waals surface area contributed by atoms with Crippen LogP contribution in [0.5, 0.6) is 0 Å². The van der Waals surface area contributed by atoms with Gasteiger partial charge in [0.25, 0.3) is 0 Å². The van der Waals surface area contributed by atoms with Gasteiger partial charge in [0.1, 0.15) is 47.8 Å². The summed E-state index contributed by atoms with van der Waals surface area (Å²) >= 11 is 0. The van der Waals surface area contributed by atoms with Crippen LogP contribution in [0.1, 0.15) is 223 Å². The monoisotopic (exact) mass is 1800 g/mol. The Balaban J connectivity index is 1.54. The number of allylic oxidation sites excluding steroid dienone is 5. The van der Waals surface area contributed by atoms with Gasteiger partial charge < -0.3 is 79.1 Å². The lowest BCUT2D eigenvalue weighted by Crippen LogP contribution is -2.64. The average molecular weight is 1800 g/mol. The van der Waals surface area contributed by atoms with Crippen molar-refractivity contribution in [1.82, 2.24) is 69.2 Å². The number of benzene rings is 2. The van der Waals surface area contributed by atoms with Crippen LogP contribution in [0.3, 0.4) is 0 Å². The number of aromatic amines is 1. The number of aliphatic hydroxyl groups is 3. The fraction of sp³-hybridized carbons (Fsp3) is 0.613. The molecule has 0 radical (unpaired) electrons. The van der Waals surface area contributed by atoms with E-state index < -0.39 is 180 Å². The van der Waals surface area contributed by atoms with Crippen LogP contribution in [-0.2, 0) is 89.6 Å². The molecule has 0 spiro atoms. The van der Waals surface area contributed by atoms with E-state index in [-0.39, 0.29) is 131 Å². The first-order valence-electron chi connectivity index (χ1n) is 45.0. The van der Waals surface area contributed by atoms with Crippen LogP contribution in [0.4, 0.5) is 0 Å². The Labute approximate surface area is 757 Å². The van der Waals surface area contributed by atoms with Gasteiger partial charge in [-0.15, -0.1) is 0 Å². The highest BCUT2D eigenvalue weighted by molar-refractivity contribution is 6.41. The lowest BCUT2D eigenvalue weighted by Gasteiger charge is -2.33. The molecule has 0 aliphatic heterocycles. The molecule has 0 saturated heterocycles. The molecule has 129 heavy (non-hydrogen) atoms. The van der Waals surface area contributed by atoms with Crippen molar-refractivity contribution in [1.29, 1.82) is 0 Å². The molecule has 0 unspecified atom stereocenters. The van der Waals surface area contributed by atoms with Crippen molar-refractivity contribution < 1.29 is 92.0 Å². The van der Waals surface area contributed by atoms with Crippen molar-refractivity contribution in [2.75, 3.05) is 39.3 Å². The van der Waals surface area contributed by atoms with E-state index in [1.54, 1.807) is 69.5 Å². The summed E-state index contributed by atoms with van der Waals surface area (Å²) in [6, 6.07) is 2.72. The molecular formula is C93H143N17O19. The number of aldehydes is 1. The number of amides is 5. The number of primary amides is 1. The number of azo groups is 1. The van der Waals surface area contributed by atoms with Crippen LogP contribution in [0.15, 0.2) is 107 Å². The van der Waals surface area contributed by atoms with Gasteiger partial charge in [0.15, 0.2) is 40.5 Å². The second-order valence-electron chi connectivity index (χ2n) is 35.0. The van der Waals surface area contributed by atoms with E-state index in [9.17, 15) is 92.0 Å². The zero-order valence-corrected chi connectivity index (χ0v) is 77.3. The topological polar surface area (TPSA) is 571 Å². The van der Waals surface area contributed by atoms with E-state index in [2.05, 4.69) is 79.4 Å². The average Bonchev–Trinajstić information content (AvgIpc) is 0.935. The van der Waals surface area contributed by atoms with Gasteiger partial charge >= 0.3 is 0 Å². The number of unbranched alkanes of at least 4 members (excludes halogenated alkanes) is 5. The quantitative estimate of drug-likeness (QED) is 0.00726. The molecule has 36 heteroatoms. The fourth-order valence-electron chi connectivity index (χ4n) is 14.2. The number of hydrogen-bond acceptors (Lipinski definition) is 30. The first-order chi connectivity index (χ1) is 61.0. The minimum atomic E-state index is -1.81. The number of hydrogen-bond donors (Lipinski definition) is 18. The molecule has 0 bridgehead atoms. The molecule has 4 rings (SSSR count). The van der Waals surface area contributed by atoms with E-state index in [1.807, 2.05) is 64.1 Å². The summed E-state index contributed by atoms with van der Waals surface area (Å²) in [7, 11) is 0. The lowest BCUT2D eigenvalue weighted by atomic mass is 9.89. The maximum absolute atomic E-state index is 14.9. The van der Waals surface area contributed by atoms with Crippen LogP contribution < -0.4 is 75.7 Å². The van der Waals surface area contributed by atoms with Crippen molar-refractivity contribution in [3.63, 3.8) is 0 Å². The highest BCUT2D eigenvalue weighted by atomic mass is 16.3. The van der Waals surface area contributed by atoms with Gasteiger partial charge in [0.05, 0.1) is 98.9 Å². The number of fused-ring (bicyclic) bond motifs is 1. The molecule has 36 nitrogen and oxygen atoms in total. The predicted octanol–water partition coefficient (Wildman–Crippen LogP) is 3.85. The van der Waals surface area contributed by atoms with Gasteiger partial charge in [-0.1, -0.05) is 119 Å². The SMILES string of the molecule is CC(=O)N[C@@H](CC(C)C)C(=O)N[C@H](C(=O)C(=O)[C@H](Cc1ccccc1)NN[C@](C)(CCCCCC/C=C/CCC[C@](C)(NC(=O)[C@H](CCC(C)C)NN[C@@H](CCC(N)=O)C(=O)CN[C@@H](C)C(=O)CC(=O)[C@H](Cc1c[nH]c2ccccc12)/N=N\[C@H](C=O)CC1=CC=C(O)CC1)C(=O)N[C@@H](CO)C(=O)CN[C@@H](C)C(=O)CCN[C@@H](C)C(=O)CN)C(=O)CN[C@@H](C)C(C)=O)[C@@H](C)O. The Bertz CT molecular complexity index is 4360. The minimum absolute atomic E-state index is 0.00591. The van der Waals surface area contributed by atoms with E-state index >= 15 is 0 Å². The number of nitrogens with zero attached hydrogens (tertiary/aromatic N) is 2. The van der Waals surface area contributed by atoms with Gasteiger partial charge in [-0.2, -0.15) is 10.2 Å². The number of Topliss-reactive ketones (excluding diaryl/α,β-unsaturated/α-hetero) is 10. The van der Waals surface area contributed by atoms with Gasteiger partial charge in [-0.25, -0.2) is 21.7 Å². The van der Waals surface area contributed by atoms with Crippen LogP contribution in [0, 0.1) is 11.8 Å². The normalized spacial score (nSPS) is 16.4. The van der Waals surface area contributed by atoms with Gasteiger partial charge in [0, 0.05) is 56.3 Å². The molecule has 2 aromatic carbocycles. The molecule has 1 aliphatic carbocycles. The summed E-state index contributed by atoms with van der Waals surface area (Å²) in [6.07, 6.45) is 12.6. The molecule has 15 atom stereocenters. The number of nitrogens with two attached hydrogens (primary N) is 2. The van der Waals surface area contributed by atoms with Crippen LogP contribution >= 0.6 is 0 Å². The number of hydrazine groups is 2. The summed E-state index contributed by atoms with van der Waals surface area (Å²) in [5, 5.41) is 63.1. The number of carbonyl (C=O) groups is 16. The number of H-pyrrole nitrogens is 1. The van der Waals surface area contributed by atoms with Crippen molar-refractivity contribution in [3.8, 4) is 0 Å². The largest absolute Gasteiger partial charge is 0.512 e. The van der Waals surface area contributed by atoms with Crippen molar-refractivity contribution >= 4 is 105 Å². The first kappa shape index (κ1) is 111. The highest BCUT2D eigenvalue weighted by Gasteiger charge is 2.42. The fourth-order valence-corrected chi connectivity index (χ4v) is 14.2. The van der Waals surface area contributed by atoms with E-state index in [0.29, 0.717) is 75.2 Å². The summed E-state index contributed by atoms with van der Waals surface area (Å²) in [5.41, 5.74) is 22.8. The zero-order valence-electron chi connectivity index (χ0n) is 77.3. The third-order valence-corrected chi connectivity index (χ3v) is 22.9. The Hall–Kier alpha value is -10.1. The molecule has 3 aromatic rings. The van der Waals surface area contributed by atoms with Crippen LogP contribution in [-0.4, -0.2) is 243 Å². The Morgan fingerprint density at radius 3 is 1.80 bits per heavy atom. The Morgan fingerprint density at radius 2 is 1.19 bits per heavy atom. The van der Waals surface area contributed by atoms with Gasteiger partial charge in [0.2, 0.25) is 41.1 Å². The Morgan fingerprint density at radius 1 is 0.566 bits per heavy atom. The number of aliphatic hydroxyl groups excluding tert-OH is 3. The minimum Gasteiger partial charge on any atom is -0.512 e. The Kier molecular flexibility index (Phi) is 49.8. The number of para-hydroxylation sites is 1. The standard InChI is InChI=1S/C93H143N17O19/c1-56(2)32-37-73(107-106-72(38-39-85(95)124)82(121)51-98-60(7)79(118)48-80(119)74(47-67-50-100-71-31-25-24-30-70(67)71)108-105-68(54-111)45-66-33-35-69(116)36-34-66)90(128)104-93(13,91(129)102-77(55-112)83(122)52-97-59(6)78(117)40-43-96-61(8)81(120)49-94)42-27-20-18-16-14-15-17-19-26-41-92(12,84(123)53-99-58(5)62(9)113)110-109-75(46-65-28-22-21-23-29-65)87(125)88(126)86(63(10)114)103-89(127)76(44-57(3)4)101-64(11)115/h16,18,21-25,28-31,33,35,50,54,56-61,63,68,72-77,86,96-100,106-107,109-110,112,114,116H,14-15,17,19-20,26-27,32,34,36-49,51-53,55,94H2,1-13H3,(H2,95,124)(H,101,115)(H,102,129)(H,103,127)(H,104,128)/b18-16+,108-105-/t58-,59-,60-,61-,63+,68-,72-,73-,74-,75-,76-,77-,86-,92+,93-/m0/s1. The maximum Gasteiger partial charge on any atom is 0.246 e. The molecule has 5 amide bonds. The maximum atomic E-state index is 14.9. The lowest BCUT2D eigenvalue weighted by molar-refractivity contribution is -0.142. The number of ketones is 10. The second kappa shape index (κ2) is 57.8. The summed E-state index contributed by atoms with van der Waals surface area (Å²) in [4.78, 5) is 220. The molecule has 0 saturated carbocycles. The number of rotatable bonds is 70. The van der Waals surface area contributed by atoms with Crippen molar-refractivity contribution in [2.24, 2.45) is 33.5 Å². The molecule has 714 valence electrons. The number of aromatic nitrogens is 1. The zero-order chi connectivity index (χ0) is 96.1. The summed E-state index contributed by atoms with van der Waals surface area (Å²) in [6.45, 7) is 18.6. The first-order valence-corrected chi connectivity index (χ1v) is 45.0. The smallest absolute Gasteiger partial charge is 0.246 e. The van der Waals surface area contributed by atoms with Gasteiger partial charge in [-0.3, -0.25) is 71.9 Å². The molecule has 1 heterocycles. The van der Waals surface area contributed by atoms with Gasteiger partial charge in [-0.05, 0) is 174 Å². The van der Waals surface area contributed by atoms with E-state index in [4.69, 9.17) is 11.5 Å². The molecule has 0 fully saturated rings. The molecule has 1 aromatic heterocycles. The third-order valence-electron chi connectivity index (χ3n) is 22.9. The van der Waals surface area contributed by atoms with Crippen LogP contribution in [0.2, 0.25) is 0 Å². The summed E-state index contributed by atoms with van der Waals surface area (Å²) < 4.78 is 0. The van der Waals surface area contributed by atoms with Crippen molar-refractivity contribution in [3.05, 3.63) is 108 Å². The summed E-state index contributed by atoms with van der Waals surface area (Å²) in [5.74, 6) is -9.17. The highest BCUT2D eigenvalue weighted by Crippen LogP contribution is 2.26. The molecule has 1 aliphatic rings. The molecule has 20 N–H and O–H groups in total. The van der Waals surface area contributed by atoms with E-state index in [0.717, 1.165) is 16.5 Å². The van der Waals surface area contributed by atoms with Crippen LogP contribution in [0.25, 0.3) is 10.9 Å². The predicted molar refractivity (Wildman–Crippen MR) is 489 cm³/mol. The number of carbonyl (C=O) groups excluding carboxylic acids is 16. The van der Waals surface area contributed by atoms with E-state index in [1.165, 1.54) is 41.5 Å². The number of nitrogens with one attached hydrogen (secondary N) is 13. The third kappa shape index (κ3) is 40.4. The second-order valence-corrected chi connectivity index (χ2v) is 35.0. The molecular weight excluding hydrogens is 1660 g/mol.